The van der Waals surface area contributed by atoms with Gasteiger partial charge in [0.2, 0.25) is 11.8 Å². The number of carbonyl (C=O) groups excluding carboxylic acids is 3. The summed E-state index contributed by atoms with van der Waals surface area (Å²) >= 11 is 1.11. The molecule has 6 N–H and O–H groups in total. The second-order valence-electron chi connectivity index (χ2n) is 6.97. The maximum atomic E-state index is 12.7. The molecule has 0 saturated heterocycles. The van der Waals surface area contributed by atoms with Gasteiger partial charge in [-0.05, 0) is 30.5 Å². The van der Waals surface area contributed by atoms with E-state index in [2.05, 4.69) is 20.6 Å². The Bertz CT molecular complexity index is 970. The summed E-state index contributed by atoms with van der Waals surface area (Å²) in [4.78, 5) is 46.0. The van der Waals surface area contributed by atoms with E-state index in [1.165, 1.54) is 11.8 Å². The number of rotatable bonds is 9. The predicted octanol–water partition coefficient (Wildman–Crippen LogP) is 1.42. The lowest BCUT2D eigenvalue weighted by Gasteiger charge is -2.10. The molecular weight excluding hydrogens is 454 g/mol. The van der Waals surface area contributed by atoms with Gasteiger partial charge >= 0.3 is 0 Å². The molecule has 0 fully saturated rings. The molecule has 2 rings (SSSR count). The molecule has 0 spiro atoms. The van der Waals surface area contributed by atoms with E-state index in [1.54, 1.807) is 26.2 Å². The number of hydrogen-bond acceptors (Lipinski definition) is 6. The van der Waals surface area contributed by atoms with Crippen molar-refractivity contribution >= 4 is 58.2 Å². The number of carbonyl (C=O) groups is 3. The van der Waals surface area contributed by atoms with E-state index in [0.717, 1.165) is 16.9 Å². The summed E-state index contributed by atoms with van der Waals surface area (Å²) < 4.78 is 0. The Morgan fingerprint density at radius 2 is 1.78 bits per heavy atom. The van der Waals surface area contributed by atoms with Crippen LogP contribution in [0.2, 0.25) is 0 Å². The van der Waals surface area contributed by atoms with Crippen LogP contribution >= 0.6 is 23.7 Å². The van der Waals surface area contributed by atoms with Gasteiger partial charge in [-0.15, -0.1) is 12.4 Å². The monoisotopic (exact) mass is 481 g/mol. The van der Waals surface area contributed by atoms with Crippen molar-refractivity contribution in [1.82, 2.24) is 15.2 Å². The van der Waals surface area contributed by atoms with Crippen molar-refractivity contribution in [1.29, 1.82) is 0 Å². The van der Waals surface area contributed by atoms with Gasteiger partial charge in [-0.1, -0.05) is 23.5 Å². The number of nitrogens with zero attached hydrogens (tertiary/aromatic N) is 3. The number of amides is 3. The quantitative estimate of drug-likeness (QED) is 0.313. The van der Waals surface area contributed by atoms with Crippen molar-refractivity contribution in [3.05, 3.63) is 40.4 Å². The number of thiazole rings is 1. The molecule has 12 heteroatoms. The van der Waals surface area contributed by atoms with Crippen molar-refractivity contribution in [2.24, 2.45) is 16.5 Å². The number of guanidine groups is 1. The molecule has 32 heavy (non-hydrogen) atoms. The van der Waals surface area contributed by atoms with Crippen LogP contribution in [0.25, 0.3) is 0 Å². The summed E-state index contributed by atoms with van der Waals surface area (Å²) in [6.45, 7) is 1.60. The standard InChI is InChI=1S/C20H27N7O3S.ClH/c1-12(28)24-20-26-15(9-6-13-4-7-14(8-5-13)25-19(21)22)17(31-20)18(30)23-11-10-16(29)27(2)3;/h4-5,7-8H,6,9-11H2,1-3H3,(H,23,30)(H4,21,22,25)(H,24,26,28);1H. The summed E-state index contributed by atoms with van der Waals surface area (Å²) in [6.07, 6.45) is 1.33. The lowest BCUT2D eigenvalue weighted by Crippen LogP contribution is -2.30. The predicted molar refractivity (Wildman–Crippen MR) is 129 cm³/mol. The fraction of sp³-hybridized carbons (Fsp3) is 0.350. The van der Waals surface area contributed by atoms with Crippen LogP contribution in [-0.2, 0) is 22.4 Å². The average molecular weight is 482 g/mol. The first-order valence-corrected chi connectivity index (χ1v) is 10.4. The molecule has 0 bridgehead atoms. The highest BCUT2D eigenvalue weighted by Gasteiger charge is 2.19. The van der Waals surface area contributed by atoms with Gasteiger partial charge in [0.1, 0.15) is 4.88 Å². The van der Waals surface area contributed by atoms with Crippen LogP contribution in [0.15, 0.2) is 29.3 Å². The molecular formula is C20H28ClN7O3S. The molecule has 3 amide bonds. The molecule has 0 aliphatic carbocycles. The van der Waals surface area contributed by atoms with Crippen LogP contribution in [0.5, 0.6) is 0 Å². The highest BCUT2D eigenvalue weighted by molar-refractivity contribution is 7.17. The van der Waals surface area contributed by atoms with Gasteiger partial charge in [0.05, 0.1) is 11.4 Å². The molecule has 2 aromatic rings. The highest BCUT2D eigenvalue weighted by atomic mass is 35.5. The van der Waals surface area contributed by atoms with Gasteiger partial charge in [0.15, 0.2) is 11.1 Å². The Balaban J connectivity index is 0.00000512. The van der Waals surface area contributed by atoms with Crippen LogP contribution < -0.4 is 22.1 Å². The van der Waals surface area contributed by atoms with Crippen molar-refractivity contribution in [3.8, 4) is 0 Å². The van der Waals surface area contributed by atoms with E-state index in [9.17, 15) is 14.4 Å². The Hall–Kier alpha value is -3.18. The molecule has 0 atom stereocenters. The second kappa shape index (κ2) is 12.6. The summed E-state index contributed by atoms with van der Waals surface area (Å²) in [7, 11) is 3.32. The van der Waals surface area contributed by atoms with Crippen molar-refractivity contribution in [2.75, 3.05) is 26.0 Å². The molecule has 1 heterocycles. The number of nitrogens with two attached hydrogens (primary N) is 2. The zero-order chi connectivity index (χ0) is 23.0. The fourth-order valence-corrected chi connectivity index (χ4v) is 3.61. The summed E-state index contributed by atoms with van der Waals surface area (Å²) in [5, 5.41) is 5.73. The van der Waals surface area contributed by atoms with E-state index in [1.807, 2.05) is 12.1 Å². The minimum atomic E-state index is -0.321. The summed E-state index contributed by atoms with van der Waals surface area (Å²) in [5.74, 6) is -0.672. The highest BCUT2D eigenvalue weighted by Crippen LogP contribution is 2.25. The van der Waals surface area contributed by atoms with E-state index in [0.29, 0.717) is 34.2 Å². The zero-order valence-corrected chi connectivity index (χ0v) is 19.8. The third-order valence-electron chi connectivity index (χ3n) is 4.15. The topological polar surface area (TPSA) is 156 Å². The number of benzene rings is 1. The molecule has 174 valence electrons. The van der Waals surface area contributed by atoms with Crippen molar-refractivity contribution in [3.63, 3.8) is 0 Å². The van der Waals surface area contributed by atoms with Crippen molar-refractivity contribution < 1.29 is 14.4 Å². The molecule has 1 aromatic carbocycles. The number of aromatic nitrogens is 1. The van der Waals surface area contributed by atoms with Gasteiger partial charge in [-0.25, -0.2) is 9.98 Å². The van der Waals surface area contributed by atoms with Crippen LogP contribution in [0.1, 0.15) is 34.3 Å². The SMILES string of the molecule is CC(=O)Nc1nc(CCc2ccc(N=C(N)N)cc2)c(C(=O)NCCC(=O)N(C)C)s1.Cl. The zero-order valence-electron chi connectivity index (χ0n) is 18.2. The number of aliphatic imine (C=N–C) groups is 1. The number of aryl methyl sites for hydroxylation is 2. The van der Waals surface area contributed by atoms with Gasteiger partial charge in [0, 0.05) is 34.0 Å². The number of anilines is 1. The third-order valence-corrected chi connectivity index (χ3v) is 5.17. The van der Waals surface area contributed by atoms with Crippen molar-refractivity contribution in [2.45, 2.75) is 26.2 Å². The van der Waals surface area contributed by atoms with Crippen LogP contribution in [0.3, 0.4) is 0 Å². The van der Waals surface area contributed by atoms with E-state index >= 15 is 0 Å². The van der Waals surface area contributed by atoms with Crippen LogP contribution in [0.4, 0.5) is 10.8 Å². The van der Waals surface area contributed by atoms with Gasteiger partial charge in [-0.2, -0.15) is 0 Å². The summed E-state index contributed by atoms with van der Waals surface area (Å²) in [5.41, 5.74) is 13.0. The summed E-state index contributed by atoms with van der Waals surface area (Å²) in [6, 6.07) is 7.40. The molecule has 0 saturated carbocycles. The lowest BCUT2D eigenvalue weighted by molar-refractivity contribution is -0.128. The molecule has 0 unspecified atom stereocenters. The molecule has 10 nitrogen and oxygen atoms in total. The smallest absolute Gasteiger partial charge is 0.263 e. The van der Waals surface area contributed by atoms with E-state index < -0.39 is 0 Å². The number of halogens is 1. The second-order valence-corrected chi connectivity index (χ2v) is 7.97. The fourth-order valence-electron chi connectivity index (χ4n) is 2.64. The first kappa shape index (κ1) is 26.9. The lowest BCUT2D eigenvalue weighted by atomic mass is 10.1. The van der Waals surface area contributed by atoms with Gasteiger partial charge < -0.3 is 27.0 Å². The maximum absolute atomic E-state index is 12.7. The number of hydrogen-bond donors (Lipinski definition) is 4. The first-order valence-electron chi connectivity index (χ1n) is 9.60. The Labute approximate surface area is 196 Å². The van der Waals surface area contributed by atoms with Crippen LogP contribution in [-0.4, -0.2) is 54.2 Å². The molecule has 0 radical (unpaired) electrons. The third kappa shape index (κ3) is 8.52. The maximum Gasteiger partial charge on any atom is 0.263 e. The van der Waals surface area contributed by atoms with Gasteiger partial charge in [0.25, 0.3) is 5.91 Å². The van der Waals surface area contributed by atoms with Gasteiger partial charge in [-0.3, -0.25) is 14.4 Å². The molecule has 0 aliphatic rings. The Morgan fingerprint density at radius 1 is 1.12 bits per heavy atom. The molecule has 0 aliphatic heterocycles. The minimum absolute atomic E-state index is 0. The number of nitrogens with one attached hydrogen (secondary N) is 2. The average Bonchev–Trinajstić information content (AvgIpc) is 3.08. The first-order chi connectivity index (χ1) is 14.7. The Morgan fingerprint density at radius 3 is 2.34 bits per heavy atom. The molecule has 1 aromatic heterocycles. The van der Waals surface area contributed by atoms with E-state index in [-0.39, 0.29) is 49.1 Å². The van der Waals surface area contributed by atoms with E-state index in [4.69, 9.17) is 11.5 Å². The normalized spacial score (nSPS) is 9.97. The largest absolute Gasteiger partial charge is 0.370 e. The minimum Gasteiger partial charge on any atom is -0.370 e. The Kier molecular flexibility index (Phi) is 10.6. The van der Waals surface area contributed by atoms with Crippen LogP contribution in [0, 0.1) is 0 Å².